The summed E-state index contributed by atoms with van der Waals surface area (Å²) in [6.07, 6.45) is 0. The number of rotatable bonds is 5. The van der Waals surface area contributed by atoms with Gasteiger partial charge in [-0.2, -0.15) is 5.26 Å². The van der Waals surface area contributed by atoms with Gasteiger partial charge in [-0.1, -0.05) is 24.8 Å². The molecule has 0 aliphatic rings. The van der Waals surface area contributed by atoms with Crippen LogP contribution in [0.1, 0.15) is 0 Å². The maximum atomic E-state index is 11.0. The van der Waals surface area contributed by atoms with Crippen molar-refractivity contribution in [2.75, 3.05) is 13.2 Å². The molecule has 0 bridgehead atoms. The van der Waals surface area contributed by atoms with Gasteiger partial charge in [-0.15, -0.1) is 0 Å². The highest BCUT2D eigenvalue weighted by Gasteiger charge is 2.06. The second-order valence-corrected chi connectivity index (χ2v) is 2.89. The van der Waals surface area contributed by atoms with E-state index in [4.69, 9.17) is 14.7 Å². The van der Waals surface area contributed by atoms with Crippen molar-refractivity contribution < 1.29 is 14.3 Å². The summed E-state index contributed by atoms with van der Waals surface area (Å²) in [6, 6.07) is 10.8. The van der Waals surface area contributed by atoms with Gasteiger partial charge < -0.3 is 9.47 Å². The third-order valence-corrected chi connectivity index (χ3v) is 1.71. The van der Waals surface area contributed by atoms with Crippen LogP contribution in [0.15, 0.2) is 42.5 Å². The Morgan fingerprint density at radius 3 is 2.62 bits per heavy atom. The first-order chi connectivity index (χ1) is 7.74. The van der Waals surface area contributed by atoms with Gasteiger partial charge in [0, 0.05) is 0 Å². The molecule has 1 aromatic carbocycles. The zero-order chi connectivity index (χ0) is 11.8. The minimum atomic E-state index is -0.709. The second-order valence-electron chi connectivity index (χ2n) is 2.89. The molecule has 0 fully saturated rings. The van der Waals surface area contributed by atoms with Gasteiger partial charge in [0.1, 0.15) is 30.6 Å². The van der Waals surface area contributed by atoms with Crippen molar-refractivity contribution in [1.82, 2.24) is 0 Å². The van der Waals surface area contributed by atoms with Crippen LogP contribution in [0.5, 0.6) is 5.75 Å². The summed E-state index contributed by atoms with van der Waals surface area (Å²) in [5, 5.41) is 8.36. The molecule has 0 spiro atoms. The molecular weight excluding hydrogens is 206 g/mol. The van der Waals surface area contributed by atoms with Crippen LogP contribution in [-0.4, -0.2) is 19.2 Å². The average Bonchev–Trinajstić information content (AvgIpc) is 2.34. The van der Waals surface area contributed by atoms with E-state index >= 15 is 0 Å². The van der Waals surface area contributed by atoms with Gasteiger partial charge in [-0.05, 0) is 12.1 Å². The van der Waals surface area contributed by atoms with Gasteiger partial charge in [0.15, 0.2) is 0 Å². The molecule has 0 saturated heterocycles. The Labute approximate surface area is 93.7 Å². The molecule has 0 aromatic heterocycles. The summed E-state index contributed by atoms with van der Waals surface area (Å²) in [5.41, 5.74) is -0.209. The van der Waals surface area contributed by atoms with Crippen LogP contribution in [0.2, 0.25) is 0 Å². The SMILES string of the molecule is C=C(C#N)C(=O)OCCOc1ccccc1. The molecule has 0 aliphatic carbocycles. The van der Waals surface area contributed by atoms with Gasteiger partial charge >= 0.3 is 5.97 Å². The van der Waals surface area contributed by atoms with E-state index in [1.165, 1.54) is 0 Å². The lowest BCUT2D eigenvalue weighted by molar-refractivity contribution is -0.139. The van der Waals surface area contributed by atoms with Crippen molar-refractivity contribution >= 4 is 5.97 Å². The van der Waals surface area contributed by atoms with Gasteiger partial charge in [-0.3, -0.25) is 0 Å². The van der Waals surface area contributed by atoms with Crippen molar-refractivity contribution in [3.05, 3.63) is 42.5 Å². The lowest BCUT2D eigenvalue weighted by atomic mass is 10.3. The molecule has 16 heavy (non-hydrogen) atoms. The summed E-state index contributed by atoms with van der Waals surface area (Å²) in [7, 11) is 0. The summed E-state index contributed by atoms with van der Waals surface area (Å²) < 4.78 is 10.0. The monoisotopic (exact) mass is 217 g/mol. The molecule has 0 radical (unpaired) electrons. The smallest absolute Gasteiger partial charge is 0.348 e. The molecule has 0 N–H and O–H groups in total. The van der Waals surface area contributed by atoms with E-state index < -0.39 is 5.97 Å². The van der Waals surface area contributed by atoms with Crippen molar-refractivity contribution in [1.29, 1.82) is 5.26 Å². The molecule has 82 valence electrons. The van der Waals surface area contributed by atoms with Gasteiger partial charge in [0.25, 0.3) is 0 Å². The minimum Gasteiger partial charge on any atom is -0.490 e. The summed E-state index contributed by atoms with van der Waals surface area (Å²) >= 11 is 0. The highest BCUT2D eigenvalue weighted by molar-refractivity contribution is 5.91. The molecule has 0 aliphatic heterocycles. The van der Waals surface area contributed by atoms with Crippen LogP contribution in [0.3, 0.4) is 0 Å². The zero-order valence-corrected chi connectivity index (χ0v) is 8.68. The predicted molar refractivity (Wildman–Crippen MR) is 57.6 cm³/mol. The quantitative estimate of drug-likeness (QED) is 0.326. The fourth-order valence-corrected chi connectivity index (χ4v) is 0.943. The number of hydrogen-bond donors (Lipinski definition) is 0. The Bertz CT molecular complexity index is 406. The molecule has 0 saturated carbocycles. The summed E-state index contributed by atoms with van der Waals surface area (Å²) in [6.45, 7) is 3.57. The van der Waals surface area contributed by atoms with Crippen LogP contribution < -0.4 is 4.74 Å². The highest BCUT2D eigenvalue weighted by Crippen LogP contribution is 2.07. The van der Waals surface area contributed by atoms with Crippen LogP contribution in [0, 0.1) is 11.3 Å². The molecule has 4 nitrogen and oxygen atoms in total. The minimum absolute atomic E-state index is 0.0917. The van der Waals surface area contributed by atoms with Gasteiger partial charge in [0.05, 0.1) is 0 Å². The van der Waals surface area contributed by atoms with Gasteiger partial charge in [-0.25, -0.2) is 4.79 Å². The van der Waals surface area contributed by atoms with E-state index in [-0.39, 0.29) is 18.8 Å². The van der Waals surface area contributed by atoms with Crippen molar-refractivity contribution in [3.8, 4) is 11.8 Å². The van der Waals surface area contributed by atoms with E-state index in [2.05, 4.69) is 6.58 Å². The van der Waals surface area contributed by atoms with Crippen LogP contribution >= 0.6 is 0 Å². The normalized spacial score (nSPS) is 8.94. The topological polar surface area (TPSA) is 59.3 Å². The van der Waals surface area contributed by atoms with E-state index in [1.54, 1.807) is 18.2 Å². The second kappa shape index (κ2) is 6.25. The standard InChI is InChI=1S/C12H11NO3/c1-10(9-13)12(14)16-8-7-15-11-5-3-2-4-6-11/h2-6H,1,7-8H2. The fraction of sp³-hybridized carbons (Fsp3) is 0.167. The maximum Gasteiger partial charge on any atom is 0.348 e. The number of benzene rings is 1. The van der Waals surface area contributed by atoms with Crippen LogP contribution in [0.4, 0.5) is 0 Å². The number of esters is 1. The Balaban J connectivity index is 2.21. The molecule has 4 heteroatoms. The number of carbonyl (C=O) groups excluding carboxylic acids is 1. The molecule has 1 aromatic rings. The highest BCUT2D eigenvalue weighted by atomic mass is 16.6. The number of carbonyl (C=O) groups is 1. The molecule has 0 unspecified atom stereocenters. The zero-order valence-electron chi connectivity index (χ0n) is 8.68. The lowest BCUT2D eigenvalue weighted by Crippen LogP contribution is -2.12. The maximum absolute atomic E-state index is 11.0. The first-order valence-electron chi connectivity index (χ1n) is 4.68. The Morgan fingerprint density at radius 1 is 1.31 bits per heavy atom. The van der Waals surface area contributed by atoms with Crippen molar-refractivity contribution in [2.24, 2.45) is 0 Å². The number of ether oxygens (including phenoxy) is 2. The molecule has 0 atom stereocenters. The fourth-order valence-electron chi connectivity index (χ4n) is 0.943. The third kappa shape index (κ3) is 3.84. The first kappa shape index (κ1) is 11.8. The molecule has 1 rings (SSSR count). The molecule has 0 amide bonds. The molecular formula is C12H11NO3. The lowest BCUT2D eigenvalue weighted by Gasteiger charge is -2.06. The number of para-hydroxylation sites is 1. The largest absolute Gasteiger partial charge is 0.490 e. The van der Waals surface area contributed by atoms with E-state index in [0.717, 1.165) is 0 Å². The Kier molecular flexibility index (Phi) is 4.61. The van der Waals surface area contributed by atoms with Crippen LogP contribution in [0.25, 0.3) is 0 Å². The van der Waals surface area contributed by atoms with Crippen molar-refractivity contribution in [2.45, 2.75) is 0 Å². The third-order valence-electron chi connectivity index (χ3n) is 1.71. The van der Waals surface area contributed by atoms with E-state index in [1.807, 2.05) is 18.2 Å². The van der Waals surface area contributed by atoms with Gasteiger partial charge in [0.2, 0.25) is 0 Å². The average molecular weight is 217 g/mol. The predicted octanol–water partition coefficient (Wildman–Crippen LogP) is 1.69. The summed E-state index contributed by atoms with van der Waals surface area (Å²) in [4.78, 5) is 11.0. The van der Waals surface area contributed by atoms with Crippen LogP contribution in [-0.2, 0) is 9.53 Å². The number of nitrogens with zero attached hydrogens (tertiary/aromatic N) is 1. The number of hydrogen-bond acceptors (Lipinski definition) is 4. The first-order valence-corrected chi connectivity index (χ1v) is 4.68. The van der Waals surface area contributed by atoms with Crippen molar-refractivity contribution in [3.63, 3.8) is 0 Å². The Hall–Kier alpha value is -2.28. The van der Waals surface area contributed by atoms with E-state index in [9.17, 15) is 4.79 Å². The number of nitriles is 1. The summed E-state index contributed by atoms with van der Waals surface area (Å²) in [5.74, 6) is -0.00294. The molecule has 0 heterocycles. The Morgan fingerprint density at radius 2 is 2.00 bits per heavy atom. The van der Waals surface area contributed by atoms with E-state index in [0.29, 0.717) is 5.75 Å².